The van der Waals surface area contributed by atoms with Crippen LogP contribution in [0.3, 0.4) is 0 Å². The van der Waals surface area contributed by atoms with Crippen molar-refractivity contribution in [3.8, 4) is 0 Å². The summed E-state index contributed by atoms with van der Waals surface area (Å²) in [6.07, 6.45) is 0. The molecule has 2 aromatic rings. The fraction of sp³-hybridized carbons (Fsp3) is 0.353. The molecule has 26 heavy (non-hydrogen) atoms. The fourth-order valence-electron chi connectivity index (χ4n) is 2.71. The molecule has 2 heterocycles. The zero-order valence-electron chi connectivity index (χ0n) is 14.3. The highest BCUT2D eigenvalue weighted by molar-refractivity contribution is 9.10. The monoisotopic (exact) mass is 457 g/mol. The molecule has 0 bridgehead atoms. The summed E-state index contributed by atoms with van der Waals surface area (Å²) in [6.45, 7) is 3.75. The number of thiophene rings is 1. The molecule has 140 valence electrons. The van der Waals surface area contributed by atoms with Crippen molar-refractivity contribution in [2.24, 2.45) is 0 Å². The molecule has 0 radical (unpaired) electrons. The van der Waals surface area contributed by atoms with Crippen molar-refractivity contribution >= 4 is 43.3 Å². The Hall–Kier alpha value is -1.42. The molecule has 1 N–H and O–H groups in total. The lowest BCUT2D eigenvalue weighted by molar-refractivity contribution is 0.172. The van der Waals surface area contributed by atoms with Gasteiger partial charge in [0, 0.05) is 40.9 Å². The van der Waals surface area contributed by atoms with E-state index in [9.17, 15) is 13.2 Å². The van der Waals surface area contributed by atoms with Gasteiger partial charge in [-0.3, -0.25) is 0 Å². The van der Waals surface area contributed by atoms with Crippen LogP contribution < -0.4 is 5.32 Å². The number of benzene rings is 1. The number of piperazine rings is 1. The normalized spacial score (nSPS) is 15.8. The van der Waals surface area contributed by atoms with Crippen LogP contribution in [0.2, 0.25) is 0 Å². The van der Waals surface area contributed by atoms with E-state index >= 15 is 0 Å². The highest BCUT2D eigenvalue weighted by Gasteiger charge is 2.29. The third-order valence-electron chi connectivity index (χ3n) is 4.22. The van der Waals surface area contributed by atoms with Crippen molar-refractivity contribution in [2.45, 2.75) is 18.4 Å². The Kier molecular flexibility index (Phi) is 6.01. The number of urea groups is 1. The van der Waals surface area contributed by atoms with Crippen LogP contribution in [0.15, 0.2) is 45.1 Å². The lowest BCUT2D eigenvalue weighted by Crippen LogP contribution is -2.52. The average Bonchev–Trinajstić information content (AvgIpc) is 3.05. The van der Waals surface area contributed by atoms with E-state index in [-0.39, 0.29) is 6.03 Å². The van der Waals surface area contributed by atoms with E-state index in [2.05, 4.69) is 21.2 Å². The Morgan fingerprint density at radius 2 is 1.85 bits per heavy atom. The molecule has 3 rings (SSSR count). The van der Waals surface area contributed by atoms with Crippen LogP contribution in [-0.4, -0.2) is 49.8 Å². The Morgan fingerprint density at radius 3 is 2.42 bits per heavy atom. The molecule has 0 atom stereocenters. The molecule has 1 aromatic heterocycles. The van der Waals surface area contributed by atoms with Crippen LogP contribution in [0.4, 0.5) is 4.79 Å². The van der Waals surface area contributed by atoms with Crippen molar-refractivity contribution in [1.29, 1.82) is 0 Å². The predicted octanol–water partition coefficient (Wildman–Crippen LogP) is 3.04. The van der Waals surface area contributed by atoms with E-state index in [0.717, 1.165) is 14.9 Å². The van der Waals surface area contributed by atoms with Gasteiger partial charge in [0.25, 0.3) is 0 Å². The molecule has 0 saturated carbocycles. The molecule has 1 aliphatic heterocycles. The maximum absolute atomic E-state index is 12.7. The number of amides is 2. The molecule has 1 fully saturated rings. The molecule has 6 nitrogen and oxygen atoms in total. The lowest BCUT2D eigenvalue weighted by atomic mass is 10.2. The van der Waals surface area contributed by atoms with E-state index in [0.29, 0.717) is 37.6 Å². The third-order valence-corrected chi connectivity index (χ3v) is 7.83. The molecule has 0 aliphatic carbocycles. The van der Waals surface area contributed by atoms with E-state index in [1.54, 1.807) is 40.5 Å². The second-order valence-corrected chi connectivity index (χ2v) is 9.94. The van der Waals surface area contributed by atoms with Gasteiger partial charge < -0.3 is 10.2 Å². The van der Waals surface area contributed by atoms with Crippen LogP contribution in [0.1, 0.15) is 10.4 Å². The molecular formula is C17H20BrN3O3S2. The Labute approximate surface area is 166 Å². The highest BCUT2D eigenvalue weighted by atomic mass is 79.9. The summed E-state index contributed by atoms with van der Waals surface area (Å²) in [5, 5.41) is 4.85. The van der Waals surface area contributed by atoms with Crippen molar-refractivity contribution in [3.63, 3.8) is 0 Å². The van der Waals surface area contributed by atoms with Gasteiger partial charge in [0.05, 0.1) is 11.4 Å². The van der Waals surface area contributed by atoms with Crippen molar-refractivity contribution in [2.75, 3.05) is 26.2 Å². The van der Waals surface area contributed by atoms with Crippen molar-refractivity contribution in [1.82, 2.24) is 14.5 Å². The number of aryl methyl sites for hydroxylation is 1. The minimum Gasteiger partial charge on any atom is -0.333 e. The van der Waals surface area contributed by atoms with Crippen molar-refractivity contribution < 1.29 is 13.2 Å². The second kappa shape index (κ2) is 8.08. The van der Waals surface area contributed by atoms with Gasteiger partial charge in [-0.15, -0.1) is 11.3 Å². The highest BCUT2D eigenvalue weighted by Crippen LogP contribution is 2.20. The molecule has 0 unspecified atom stereocenters. The second-order valence-electron chi connectivity index (χ2n) is 6.09. The first-order chi connectivity index (χ1) is 12.4. The number of hydrogen-bond donors (Lipinski definition) is 1. The average molecular weight is 458 g/mol. The topological polar surface area (TPSA) is 69.7 Å². The summed E-state index contributed by atoms with van der Waals surface area (Å²) in [4.78, 5) is 15.3. The SMILES string of the molecule is Cc1ccc(S(=O)(=O)N2CCN(C(=O)NCc3cc(Br)cs3)CC2)cc1. The summed E-state index contributed by atoms with van der Waals surface area (Å²) in [5.41, 5.74) is 1.02. The standard InChI is InChI=1S/C17H20BrN3O3S2/c1-13-2-4-16(5-3-13)26(23,24)21-8-6-20(7-9-21)17(22)19-11-15-10-14(18)12-25-15/h2-5,10,12H,6-9,11H2,1H3,(H,19,22). The van der Waals surface area contributed by atoms with Gasteiger partial charge in [-0.1, -0.05) is 17.7 Å². The van der Waals surface area contributed by atoms with Gasteiger partial charge in [0.15, 0.2) is 0 Å². The summed E-state index contributed by atoms with van der Waals surface area (Å²) < 4.78 is 27.8. The number of halogens is 1. The Morgan fingerprint density at radius 1 is 1.19 bits per heavy atom. The minimum atomic E-state index is -3.51. The first-order valence-electron chi connectivity index (χ1n) is 8.19. The molecule has 1 saturated heterocycles. The number of carbonyl (C=O) groups is 1. The van der Waals surface area contributed by atoms with Gasteiger partial charge in [-0.25, -0.2) is 13.2 Å². The van der Waals surface area contributed by atoms with Crippen LogP contribution in [0, 0.1) is 6.92 Å². The maximum atomic E-state index is 12.7. The first-order valence-corrected chi connectivity index (χ1v) is 11.3. The zero-order chi connectivity index (χ0) is 18.7. The molecule has 1 aliphatic rings. The largest absolute Gasteiger partial charge is 0.333 e. The smallest absolute Gasteiger partial charge is 0.317 e. The van der Waals surface area contributed by atoms with Gasteiger partial charge in [0.2, 0.25) is 10.0 Å². The molecule has 9 heteroatoms. The quantitative estimate of drug-likeness (QED) is 0.766. The van der Waals surface area contributed by atoms with Gasteiger partial charge >= 0.3 is 6.03 Å². The number of hydrogen-bond acceptors (Lipinski definition) is 4. The van der Waals surface area contributed by atoms with Crippen LogP contribution in [0.5, 0.6) is 0 Å². The van der Waals surface area contributed by atoms with E-state index in [1.807, 2.05) is 18.4 Å². The Bertz CT molecular complexity index is 873. The lowest BCUT2D eigenvalue weighted by Gasteiger charge is -2.34. The number of nitrogens with zero attached hydrogens (tertiary/aromatic N) is 2. The van der Waals surface area contributed by atoms with E-state index in [1.165, 1.54) is 4.31 Å². The van der Waals surface area contributed by atoms with Gasteiger partial charge in [0.1, 0.15) is 0 Å². The van der Waals surface area contributed by atoms with E-state index < -0.39 is 10.0 Å². The van der Waals surface area contributed by atoms with Gasteiger partial charge in [-0.2, -0.15) is 4.31 Å². The zero-order valence-corrected chi connectivity index (χ0v) is 17.5. The summed E-state index contributed by atoms with van der Waals surface area (Å²) >= 11 is 4.96. The first kappa shape index (κ1) is 19.3. The Balaban J connectivity index is 1.54. The number of sulfonamides is 1. The molecule has 1 aromatic carbocycles. The minimum absolute atomic E-state index is 0.165. The van der Waals surface area contributed by atoms with Gasteiger partial charge in [-0.05, 0) is 41.1 Å². The molecular weight excluding hydrogens is 438 g/mol. The molecule has 2 amide bonds. The van der Waals surface area contributed by atoms with Crippen LogP contribution in [-0.2, 0) is 16.6 Å². The van der Waals surface area contributed by atoms with E-state index in [4.69, 9.17) is 0 Å². The molecule has 0 spiro atoms. The number of nitrogens with one attached hydrogen (secondary N) is 1. The number of rotatable bonds is 4. The van der Waals surface area contributed by atoms with Crippen LogP contribution in [0.25, 0.3) is 0 Å². The number of carbonyl (C=O) groups excluding carboxylic acids is 1. The fourth-order valence-corrected chi connectivity index (χ4v) is 5.52. The summed E-state index contributed by atoms with van der Waals surface area (Å²) in [5.74, 6) is 0. The third kappa shape index (κ3) is 4.46. The summed E-state index contributed by atoms with van der Waals surface area (Å²) in [6, 6.07) is 8.64. The predicted molar refractivity (Wildman–Crippen MR) is 106 cm³/mol. The van der Waals surface area contributed by atoms with Crippen LogP contribution >= 0.6 is 27.3 Å². The van der Waals surface area contributed by atoms with Crippen molar-refractivity contribution in [3.05, 3.63) is 50.6 Å². The maximum Gasteiger partial charge on any atom is 0.317 e. The summed E-state index contributed by atoms with van der Waals surface area (Å²) in [7, 11) is -3.51.